The molecule has 1 aliphatic heterocycles. The second kappa shape index (κ2) is 11.3. The summed E-state index contributed by atoms with van der Waals surface area (Å²) in [4.78, 5) is 26.1. The van der Waals surface area contributed by atoms with Crippen molar-refractivity contribution in [2.24, 2.45) is 11.3 Å². The summed E-state index contributed by atoms with van der Waals surface area (Å²) in [5.74, 6) is 1.93. The van der Waals surface area contributed by atoms with Crippen molar-refractivity contribution in [3.63, 3.8) is 0 Å². The molecule has 2 fully saturated rings. The fourth-order valence-corrected chi connectivity index (χ4v) is 7.84. The number of carbonyl (C=O) groups excluding carboxylic acids is 1. The number of aromatic nitrogens is 4. The van der Waals surface area contributed by atoms with Gasteiger partial charge in [0, 0.05) is 55.2 Å². The van der Waals surface area contributed by atoms with E-state index in [9.17, 15) is 4.79 Å². The van der Waals surface area contributed by atoms with Gasteiger partial charge in [-0.05, 0) is 44.3 Å². The van der Waals surface area contributed by atoms with Gasteiger partial charge in [0.25, 0.3) is 0 Å². The Balaban J connectivity index is 0.00000357. The molecule has 2 aromatic rings. The molecule has 8 nitrogen and oxygen atoms in total. The average molecular weight is 612 g/mol. The Morgan fingerprint density at radius 1 is 1.27 bits per heavy atom. The summed E-state index contributed by atoms with van der Waals surface area (Å²) in [7, 11) is 3.40. The van der Waals surface area contributed by atoms with E-state index in [0.717, 1.165) is 55.0 Å². The molecular weight excluding hydrogens is 569 g/mol. The van der Waals surface area contributed by atoms with Gasteiger partial charge in [0.05, 0.1) is 43.2 Å². The number of ether oxygens (including phenoxy) is 2. The molecule has 0 saturated heterocycles. The number of fused-ring (bicyclic) bond motifs is 2. The molecule has 5 aliphatic rings. The molecule has 3 heterocycles. The maximum absolute atomic E-state index is 14.5. The van der Waals surface area contributed by atoms with E-state index < -0.39 is 0 Å². The molecule has 0 N–H and O–H groups in total. The zero-order valence-electron chi connectivity index (χ0n) is 26.4. The van der Waals surface area contributed by atoms with Gasteiger partial charge in [-0.3, -0.25) is 9.50 Å². The first-order valence-corrected chi connectivity index (χ1v) is 15.5. The van der Waals surface area contributed by atoms with Crippen LogP contribution in [0.15, 0.2) is 97.4 Å². The number of imidazole rings is 2. The van der Waals surface area contributed by atoms with Crippen LogP contribution in [0.25, 0.3) is 5.57 Å². The Bertz CT molecular complexity index is 1710. The third kappa shape index (κ3) is 4.88. The van der Waals surface area contributed by atoms with Gasteiger partial charge in [0.15, 0.2) is 0 Å². The zero-order chi connectivity index (χ0) is 30.7. The number of hydrogen-bond donors (Lipinski definition) is 0. The van der Waals surface area contributed by atoms with Gasteiger partial charge < -0.3 is 23.5 Å². The van der Waals surface area contributed by atoms with Crippen molar-refractivity contribution in [2.75, 3.05) is 14.2 Å². The highest BCUT2D eigenvalue weighted by molar-refractivity contribution is 5.81. The van der Waals surface area contributed by atoms with E-state index in [1.165, 1.54) is 11.1 Å². The van der Waals surface area contributed by atoms with Crippen LogP contribution in [-0.2, 0) is 40.3 Å². The van der Waals surface area contributed by atoms with Gasteiger partial charge in [-0.1, -0.05) is 61.3 Å². The molecular formula is C36H42FN5O3. The lowest BCUT2D eigenvalue weighted by atomic mass is 9.90. The molecule has 4 atom stereocenters. The van der Waals surface area contributed by atoms with Gasteiger partial charge in [-0.2, -0.15) is 0 Å². The number of hydrogen-bond acceptors (Lipinski definition) is 5. The SMILES string of the molecule is C=C/C=C(\C(=C)OC)c1cn2c(n1)CN(C(=O)Cc1cncn1CC1=CC3(OC)CC3C=CC1)C13C=CCC=C(C)C1(C2)C3.F. The second-order valence-corrected chi connectivity index (χ2v) is 12.9. The molecule has 1 amide bonds. The molecule has 2 aromatic heterocycles. The maximum Gasteiger partial charge on any atom is 0.229 e. The third-order valence-corrected chi connectivity index (χ3v) is 10.6. The number of nitrogens with zero attached hydrogens (tertiary/aromatic N) is 5. The van der Waals surface area contributed by atoms with Gasteiger partial charge >= 0.3 is 0 Å². The highest BCUT2D eigenvalue weighted by atomic mass is 19.0. The van der Waals surface area contributed by atoms with E-state index in [4.69, 9.17) is 14.5 Å². The monoisotopic (exact) mass is 611 g/mol. The van der Waals surface area contributed by atoms with Crippen LogP contribution in [0.4, 0.5) is 4.70 Å². The number of methoxy groups -OCH3 is 2. The minimum atomic E-state index is -0.372. The van der Waals surface area contributed by atoms with Crippen LogP contribution < -0.4 is 0 Å². The predicted octanol–water partition coefficient (Wildman–Crippen LogP) is 5.87. The van der Waals surface area contributed by atoms with E-state index >= 15 is 0 Å². The summed E-state index contributed by atoms with van der Waals surface area (Å²) in [6.45, 7) is 12.0. The van der Waals surface area contributed by atoms with E-state index in [0.29, 0.717) is 24.8 Å². The lowest BCUT2D eigenvalue weighted by Gasteiger charge is -2.33. The first-order valence-electron chi connectivity index (χ1n) is 15.5. The molecule has 9 heteroatoms. The molecule has 45 heavy (non-hydrogen) atoms. The van der Waals surface area contributed by atoms with Crippen molar-refractivity contribution in [1.29, 1.82) is 0 Å². The van der Waals surface area contributed by atoms with Gasteiger partial charge in [-0.15, -0.1) is 0 Å². The highest BCUT2D eigenvalue weighted by Gasteiger charge is 2.72. The van der Waals surface area contributed by atoms with E-state index in [2.05, 4.69) is 81.8 Å². The Morgan fingerprint density at radius 2 is 2.11 bits per heavy atom. The summed E-state index contributed by atoms with van der Waals surface area (Å²) in [6.07, 6.45) is 26.9. The molecule has 0 bridgehead atoms. The van der Waals surface area contributed by atoms with Crippen molar-refractivity contribution >= 4 is 11.5 Å². The van der Waals surface area contributed by atoms with Crippen LogP contribution in [0.2, 0.25) is 0 Å². The van der Waals surface area contributed by atoms with Crippen LogP contribution in [-0.4, -0.2) is 55.3 Å². The van der Waals surface area contributed by atoms with Crippen LogP contribution in [0.5, 0.6) is 0 Å². The van der Waals surface area contributed by atoms with Crippen LogP contribution in [0.1, 0.15) is 49.8 Å². The Morgan fingerprint density at radius 3 is 2.89 bits per heavy atom. The second-order valence-electron chi connectivity index (χ2n) is 12.9. The van der Waals surface area contributed by atoms with Crippen LogP contribution >= 0.6 is 0 Å². The summed E-state index contributed by atoms with van der Waals surface area (Å²) in [6, 6.07) is 0. The van der Waals surface area contributed by atoms with Crippen molar-refractivity contribution in [3.05, 3.63) is 115 Å². The largest absolute Gasteiger partial charge is 0.497 e. The highest BCUT2D eigenvalue weighted by Crippen LogP contribution is 2.68. The molecule has 0 aromatic carbocycles. The number of carbonyl (C=O) groups is 1. The number of amides is 1. The Hall–Kier alpha value is -4.24. The maximum atomic E-state index is 14.5. The molecule has 4 aliphatic carbocycles. The fraction of sp³-hybridized carbons (Fsp3) is 0.417. The summed E-state index contributed by atoms with van der Waals surface area (Å²) >= 11 is 0. The Kier molecular flexibility index (Phi) is 7.72. The summed E-state index contributed by atoms with van der Waals surface area (Å²) in [5.41, 5.74) is 4.36. The molecule has 4 unspecified atom stereocenters. The van der Waals surface area contributed by atoms with Crippen molar-refractivity contribution in [3.8, 4) is 0 Å². The lowest BCUT2D eigenvalue weighted by molar-refractivity contribution is -0.134. The standard InChI is InChI=1S/C36H41N5O3.FH/c1-6-10-30(26(3)43-4)31-20-39-23-34-22-36(34,14-8-7-11-25(34)2)41(21-32(39)38-31)33(42)15-29-18-37-24-40(29)19-27-12-9-13-28-17-35(28,16-27)44-5;/h6,8-11,13-14,16,18,20,24,28H,1,3,7,12,15,17,19,21-23H2,2,4-5H3;1H/b30-10+;. The summed E-state index contributed by atoms with van der Waals surface area (Å²) < 4.78 is 15.7. The van der Waals surface area contributed by atoms with Crippen molar-refractivity contribution in [1.82, 2.24) is 24.0 Å². The van der Waals surface area contributed by atoms with E-state index in [-0.39, 0.29) is 33.6 Å². The van der Waals surface area contributed by atoms with Gasteiger partial charge in [0.1, 0.15) is 11.6 Å². The van der Waals surface area contributed by atoms with E-state index in [1.54, 1.807) is 20.3 Å². The number of rotatable bonds is 9. The molecule has 236 valence electrons. The quantitative estimate of drug-likeness (QED) is 0.201. The lowest BCUT2D eigenvalue weighted by Crippen LogP contribution is -2.44. The van der Waals surface area contributed by atoms with E-state index in [1.807, 2.05) is 18.6 Å². The zero-order valence-corrected chi connectivity index (χ0v) is 26.4. The average Bonchev–Trinajstić information content (AvgIpc) is 3.78. The normalized spacial score (nSPS) is 29.3. The van der Waals surface area contributed by atoms with Gasteiger partial charge in [-0.25, -0.2) is 9.97 Å². The van der Waals surface area contributed by atoms with Gasteiger partial charge in [0.2, 0.25) is 5.91 Å². The fourth-order valence-electron chi connectivity index (χ4n) is 7.84. The third-order valence-electron chi connectivity index (χ3n) is 10.6. The smallest absolute Gasteiger partial charge is 0.229 e. The molecule has 7 rings (SSSR count). The van der Waals surface area contributed by atoms with Crippen LogP contribution in [0, 0.1) is 11.3 Å². The Labute approximate surface area is 264 Å². The van der Waals surface area contributed by atoms with Crippen molar-refractivity contribution < 1.29 is 19.0 Å². The first kappa shape index (κ1) is 30.8. The number of halogens is 1. The predicted molar refractivity (Wildman–Crippen MR) is 173 cm³/mol. The van der Waals surface area contributed by atoms with Crippen LogP contribution in [0.3, 0.4) is 0 Å². The van der Waals surface area contributed by atoms with Crippen molar-refractivity contribution in [2.45, 2.75) is 69.8 Å². The first-order chi connectivity index (χ1) is 21.3. The minimum absolute atomic E-state index is 0. The molecule has 0 radical (unpaired) electrons. The summed E-state index contributed by atoms with van der Waals surface area (Å²) in [5, 5.41) is 0. The minimum Gasteiger partial charge on any atom is -0.497 e. The molecule has 2 saturated carbocycles. The number of allylic oxidation sites excluding steroid dienone is 7. The topological polar surface area (TPSA) is 74.4 Å². The molecule has 0 spiro atoms.